The van der Waals surface area contributed by atoms with Crippen LogP contribution in [0.4, 0.5) is 0 Å². The third-order valence-electron chi connectivity index (χ3n) is 3.34. The molecule has 0 spiro atoms. The molecule has 0 saturated heterocycles. The van der Waals surface area contributed by atoms with E-state index in [1.54, 1.807) is 6.92 Å². The van der Waals surface area contributed by atoms with Crippen molar-refractivity contribution in [3.63, 3.8) is 0 Å². The molecule has 0 aromatic heterocycles. The lowest BCUT2D eigenvalue weighted by atomic mass is 10.1. The molecule has 0 rings (SSSR count). The van der Waals surface area contributed by atoms with Crippen LogP contribution in [0.1, 0.15) is 47.5 Å². The Morgan fingerprint density at radius 2 is 1.71 bits per heavy atom. The van der Waals surface area contributed by atoms with Crippen molar-refractivity contribution in [2.45, 2.75) is 77.8 Å². The third kappa shape index (κ3) is 6.34. The fourth-order valence-corrected chi connectivity index (χ4v) is 2.90. The Balaban J connectivity index is 4.27. The van der Waals surface area contributed by atoms with E-state index in [0.717, 1.165) is 0 Å². The van der Waals surface area contributed by atoms with Crippen LogP contribution in [0.2, 0.25) is 18.1 Å². The maximum Gasteiger partial charge on any atom is 0.192 e. The van der Waals surface area contributed by atoms with Crippen molar-refractivity contribution in [1.82, 2.24) is 0 Å². The summed E-state index contributed by atoms with van der Waals surface area (Å²) in [7, 11) is -1.79. The molecule has 4 heteroatoms. The average molecular weight is 260 g/mol. The van der Waals surface area contributed by atoms with Crippen LogP contribution >= 0.6 is 0 Å². The molecule has 0 heterocycles. The number of aliphatic hydroxyl groups excluding tert-OH is 1. The van der Waals surface area contributed by atoms with Crippen LogP contribution in [0.5, 0.6) is 0 Å². The van der Waals surface area contributed by atoms with Crippen molar-refractivity contribution in [2.75, 3.05) is 0 Å². The summed E-state index contributed by atoms with van der Waals surface area (Å²) in [4.78, 5) is 11.6. The minimum atomic E-state index is -1.79. The van der Waals surface area contributed by atoms with E-state index >= 15 is 0 Å². The average Bonchev–Trinajstić information content (AvgIpc) is 1.96. The normalized spacial score (nSPS) is 16.7. The summed E-state index contributed by atoms with van der Waals surface area (Å²) in [6.07, 6.45) is 0.0208. The lowest BCUT2D eigenvalue weighted by Gasteiger charge is -2.38. The van der Waals surface area contributed by atoms with Gasteiger partial charge in [0.2, 0.25) is 0 Å². The van der Waals surface area contributed by atoms with Gasteiger partial charge in [-0.15, -0.1) is 0 Å². The zero-order valence-corrected chi connectivity index (χ0v) is 13.3. The van der Waals surface area contributed by atoms with Crippen LogP contribution < -0.4 is 0 Å². The van der Waals surface area contributed by atoms with E-state index in [1.807, 2.05) is 6.92 Å². The monoisotopic (exact) mass is 260 g/mol. The Kier molecular flexibility index (Phi) is 6.05. The first-order chi connectivity index (χ1) is 7.45. The van der Waals surface area contributed by atoms with Gasteiger partial charge in [0.15, 0.2) is 8.32 Å². The minimum Gasteiger partial charge on any atom is -0.414 e. The lowest BCUT2D eigenvalue weighted by Crippen LogP contribution is -2.43. The summed E-state index contributed by atoms with van der Waals surface area (Å²) >= 11 is 0. The van der Waals surface area contributed by atoms with Crippen LogP contribution in [-0.2, 0) is 9.22 Å². The molecule has 0 fully saturated rings. The number of ketones is 1. The summed E-state index contributed by atoms with van der Waals surface area (Å²) in [5.74, 6) is 0.0752. The Hall–Kier alpha value is -0.193. The van der Waals surface area contributed by atoms with E-state index < -0.39 is 14.4 Å². The highest BCUT2D eigenvalue weighted by atomic mass is 28.4. The lowest BCUT2D eigenvalue weighted by molar-refractivity contribution is -0.122. The van der Waals surface area contributed by atoms with E-state index in [2.05, 4.69) is 33.9 Å². The zero-order valence-electron chi connectivity index (χ0n) is 12.3. The van der Waals surface area contributed by atoms with Gasteiger partial charge >= 0.3 is 0 Å². The number of carbonyl (C=O) groups is 1. The maximum atomic E-state index is 11.6. The predicted octanol–water partition coefficient (Wildman–Crippen LogP) is 3.13. The molecule has 0 saturated carbocycles. The fraction of sp³-hybridized carbons (Fsp3) is 0.923. The van der Waals surface area contributed by atoms with Gasteiger partial charge in [-0.05, 0) is 32.0 Å². The standard InChI is InChI=1S/C13H28O3Si/c1-10(14)8-12(15)9-11(2)16-17(6,7)13(3,4)5/h10-11,14H,8-9H2,1-7H3/t10-,11-/m1/s1. The van der Waals surface area contributed by atoms with Gasteiger partial charge in [-0.1, -0.05) is 20.8 Å². The molecule has 0 aliphatic rings. The molecule has 2 atom stereocenters. The molecular formula is C13H28O3Si. The molecular weight excluding hydrogens is 232 g/mol. The van der Waals surface area contributed by atoms with Crippen LogP contribution in [0.15, 0.2) is 0 Å². The van der Waals surface area contributed by atoms with Crippen LogP contribution in [0.25, 0.3) is 0 Å². The summed E-state index contributed by atoms with van der Waals surface area (Å²) in [6, 6.07) is 0. The van der Waals surface area contributed by atoms with Gasteiger partial charge in [0, 0.05) is 18.9 Å². The Morgan fingerprint density at radius 1 is 1.24 bits per heavy atom. The summed E-state index contributed by atoms with van der Waals surface area (Å²) in [5, 5.41) is 9.31. The summed E-state index contributed by atoms with van der Waals surface area (Å²) < 4.78 is 6.09. The first-order valence-corrected chi connectivity index (χ1v) is 9.24. The molecule has 3 nitrogen and oxygen atoms in total. The number of rotatable bonds is 6. The number of carbonyl (C=O) groups excluding carboxylic acids is 1. The van der Waals surface area contributed by atoms with Gasteiger partial charge in [-0.3, -0.25) is 4.79 Å². The largest absolute Gasteiger partial charge is 0.414 e. The molecule has 0 bridgehead atoms. The maximum absolute atomic E-state index is 11.6. The fourth-order valence-electron chi connectivity index (χ4n) is 1.45. The SMILES string of the molecule is C[C@H](CC(=O)C[C@@H](C)O)O[Si](C)(C)C(C)(C)C. The summed E-state index contributed by atoms with van der Waals surface area (Å²) in [5.41, 5.74) is 0. The smallest absolute Gasteiger partial charge is 0.192 e. The third-order valence-corrected chi connectivity index (χ3v) is 7.94. The molecule has 0 aliphatic heterocycles. The zero-order chi connectivity index (χ0) is 13.9. The first-order valence-electron chi connectivity index (χ1n) is 6.33. The van der Waals surface area contributed by atoms with Crippen LogP contribution in [-0.4, -0.2) is 31.4 Å². The molecule has 0 unspecified atom stereocenters. The predicted molar refractivity (Wildman–Crippen MR) is 73.7 cm³/mol. The molecule has 1 N–H and O–H groups in total. The Labute approximate surface area is 107 Å². The number of aliphatic hydroxyl groups is 1. The van der Waals surface area contributed by atoms with E-state index in [4.69, 9.17) is 9.53 Å². The molecule has 17 heavy (non-hydrogen) atoms. The van der Waals surface area contributed by atoms with Crippen molar-refractivity contribution < 1.29 is 14.3 Å². The van der Waals surface area contributed by atoms with Crippen molar-refractivity contribution in [2.24, 2.45) is 0 Å². The van der Waals surface area contributed by atoms with Crippen molar-refractivity contribution in [3.8, 4) is 0 Å². The molecule has 0 amide bonds. The van der Waals surface area contributed by atoms with Crippen molar-refractivity contribution >= 4 is 14.1 Å². The Bertz CT molecular complexity index is 254. The van der Waals surface area contributed by atoms with Crippen LogP contribution in [0.3, 0.4) is 0 Å². The van der Waals surface area contributed by atoms with E-state index in [9.17, 15) is 4.79 Å². The number of hydrogen-bond acceptors (Lipinski definition) is 3. The van der Waals surface area contributed by atoms with E-state index in [1.165, 1.54) is 0 Å². The highest BCUT2D eigenvalue weighted by Gasteiger charge is 2.38. The second-order valence-corrected chi connectivity index (χ2v) is 11.2. The quantitative estimate of drug-likeness (QED) is 0.746. The summed E-state index contributed by atoms with van der Waals surface area (Å²) in [6.45, 7) is 14.5. The molecule has 0 radical (unpaired) electrons. The number of Topliss-reactive ketones (excluding diaryl/α,β-unsaturated/α-hetero) is 1. The van der Waals surface area contributed by atoms with Gasteiger partial charge in [0.25, 0.3) is 0 Å². The molecule has 0 aliphatic carbocycles. The van der Waals surface area contributed by atoms with Gasteiger partial charge in [-0.25, -0.2) is 0 Å². The first kappa shape index (κ1) is 16.8. The second kappa shape index (κ2) is 6.11. The van der Waals surface area contributed by atoms with Gasteiger partial charge in [0.1, 0.15) is 5.78 Å². The van der Waals surface area contributed by atoms with E-state index in [-0.39, 0.29) is 23.3 Å². The van der Waals surface area contributed by atoms with E-state index in [0.29, 0.717) is 6.42 Å². The number of hydrogen-bond donors (Lipinski definition) is 1. The van der Waals surface area contributed by atoms with Crippen LogP contribution in [0, 0.1) is 0 Å². The molecule has 0 aromatic rings. The van der Waals surface area contributed by atoms with Crippen molar-refractivity contribution in [3.05, 3.63) is 0 Å². The van der Waals surface area contributed by atoms with Gasteiger partial charge in [0.05, 0.1) is 6.10 Å². The van der Waals surface area contributed by atoms with Crippen molar-refractivity contribution in [1.29, 1.82) is 0 Å². The second-order valence-electron chi connectivity index (χ2n) is 6.48. The van der Waals surface area contributed by atoms with Gasteiger partial charge < -0.3 is 9.53 Å². The Morgan fingerprint density at radius 3 is 2.06 bits per heavy atom. The minimum absolute atomic E-state index is 0.0536. The molecule has 102 valence electrons. The highest BCUT2D eigenvalue weighted by molar-refractivity contribution is 6.74. The topological polar surface area (TPSA) is 46.5 Å². The molecule has 0 aromatic carbocycles. The van der Waals surface area contributed by atoms with Gasteiger partial charge in [-0.2, -0.15) is 0 Å². The highest BCUT2D eigenvalue weighted by Crippen LogP contribution is 2.37.